The molecule has 1 heterocycles. The van der Waals surface area contributed by atoms with Gasteiger partial charge in [-0.1, -0.05) is 11.6 Å². The van der Waals surface area contributed by atoms with Crippen molar-refractivity contribution in [3.05, 3.63) is 46.7 Å². The van der Waals surface area contributed by atoms with Crippen LogP contribution in [0.15, 0.2) is 34.7 Å². The Labute approximate surface area is 97.3 Å². The molecule has 3 nitrogen and oxygen atoms in total. The highest BCUT2D eigenvalue weighted by Gasteiger charge is 2.11. The van der Waals surface area contributed by atoms with Gasteiger partial charge >= 0.3 is 5.97 Å². The summed E-state index contributed by atoms with van der Waals surface area (Å²) in [5.74, 6) is -0.603. The zero-order valence-corrected chi connectivity index (χ0v) is 9.28. The van der Waals surface area contributed by atoms with Crippen LogP contribution in [0.3, 0.4) is 0 Å². The average Bonchev–Trinajstić information content (AvgIpc) is 2.66. The Morgan fingerprint density at radius 2 is 2.06 bits per heavy atom. The predicted molar refractivity (Wildman–Crippen MR) is 60.9 cm³/mol. The number of aryl methyl sites for hydroxylation is 1. The first-order valence-corrected chi connectivity index (χ1v) is 5.05. The third-order valence-corrected chi connectivity index (χ3v) is 2.51. The molecule has 0 aliphatic carbocycles. The van der Waals surface area contributed by atoms with Crippen LogP contribution >= 0.6 is 11.6 Å². The van der Waals surface area contributed by atoms with Gasteiger partial charge in [0.25, 0.3) is 0 Å². The average molecular weight is 237 g/mol. The number of hydrogen-bond acceptors (Lipinski definition) is 2. The molecule has 82 valence electrons. The lowest BCUT2D eigenvalue weighted by Gasteiger charge is -2.02. The molecule has 0 amide bonds. The fraction of sp³-hybridized carbons (Fsp3) is 0.0833. The number of rotatable bonds is 2. The quantitative estimate of drug-likeness (QED) is 0.867. The highest BCUT2D eigenvalue weighted by molar-refractivity contribution is 6.30. The summed E-state index contributed by atoms with van der Waals surface area (Å²) in [6, 6.07) is 8.43. The van der Waals surface area contributed by atoms with Crippen LogP contribution in [0.2, 0.25) is 5.02 Å². The zero-order chi connectivity index (χ0) is 11.7. The molecular weight excluding hydrogens is 228 g/mol. The molecule has 0 spiro atoms. The minimum Gasteiger partial charge on any atom is -0.475 e. The van der Waals surface area contributed by atoms with Crippen molar-refractivity contribution in [2.75, 3.05) is 0 Å². The van der Waals surface area contributed by atoms with Crippen LogP contribution < -0.4 is 0 Å². The maximum Gasteiger partial charge on any atom is 0.371 e. The number of hydrogen-bond donors (Lipinski definition) is 1. The van der Waals surface area contributed by atoms with Crippen molar-refractivity contribution < 1.29 is 14.3 Å². The van der Waals surface area contributed by atoms with Crippen molar-refractivity contribution in [3.63, 3.8) is 0 Å². The second kappa shape index (κ2) is 4.02. The SMILES string of the molecule is Cc1cc(Cl)ccc1-c1ccc(C(=O)O)o1. The molecule has 0 radical (unpaired) electrons. The van der Waals surface area contributed by atoms with E-state index in [1.165, 1.54) is 6.07 Å². The number of carboxylic acid groups (broad SMARTS) is 1. The van der Waals surface area contributed by atoms with E-state index in [4.69, 9.17) is 21.1 Å². The van der Waals surface area contributed by atoms with Gasteiger partial charge in [0, 0.05) is 10.6 Å². The van der Waals surface area contributed by atoms with Gasteiger partial charge < -0.3 is 9.52 Å². The molecule has 0 aliphatic heterocycles. The molecular formula is C12H9ClO3. The van der Waals surface area contributed by atoms with Crippen molar-refractivity contribution in [2.24, 2.45) is 0 Å². The molecule has 1 aromatic heterocycles. The van der Waals surface area contributed by atoms with E-state index in [1.807, 2.05) is 13.0 Å². The Balaban J connectivity index is 2.46. The van der Waals surface area contributed by atoms with E-state index >= 15 is 0 Å². The van der Waals surface area contributed by atoms with Crippen molar-refractivity contribution in [3.8, 4) is 11.3 Å². The molecule has 0 saturated heterocycles. The van der Waals surface area contributed by atoms with Crippen molar-refractivity contribution in [1.29, 1.82) is 0 Å². The molecule has 0 fully saturated rings. The summed E-state index contributed by atoms with van der Waals surface area (Å²) in [6.45, 7) is 1.89. The number of furan rings is 1. The van der Waals surface area contributed by atoms with Gasteiger partial charge in [0.2, 0.25) is 5.76 Å². The lowest BCUT2D eigenvalue weighted by Crippen LogP contribution is -1.91. The van der Waals surface area contributed by atoms with E-state index in [2.05, 4.69) is 0 Å². The number of halogens is 1. The van der Waals surface area contributed by atoms with Crippen LogP contribution in [-0.4, -0.2) is 11.1 Å². The smallest absolute Gasteiger partial charge is 0.371 e. The Morgan fingerprint density at radius 3 is 2.62 bits per heavy atom. The fourth-order valence-corrected chi connectivity index (χ4v) is 1.73. The normalized spacial score (nSPS) is 10.4. The number of aromatic carboxylic acids is 1. The Morgan fingerprint density at radius 1 is 1.31 bits per heavy atom. The molecule has 1 N–H and O–H groups in total. The lowest BCUT2D eigenvalue weighted by atomic mass is 10.1. The second-order valence-corrected chi connectivity index (χ2v) is 3.86. The van der Waals surface area contributed by atoms with Crippen LogP contribution in [-0.2, 0) is 0 Å². The molecule has 0 saturated carbocycles. The van der Waals surface area contributed by atoms with Crippen LogP contribution in [0.25, 0.3) is 11.3 Å². The van der Waals surface area contributed by atoms with Crippen LogP contribution in [0.1, 0.15) is 16.1 Å². The molecule has 0 aliphatic rings. The number of carbonyl (C=O) groups is 1. The van der Waals surface area contributed by atoms with E-state index in [1.54, 1.807) is 18.2 Å². The summed E-state index contributed by atoms with van der Waals surface area (Å²) < 4.78 is 5.21. The van der Waals surface area contributed by atoms with Crippen molar-refractivity contribution in [2.45, 2.75) is 6.92 Å². The Kier molecular flexibility index (Phi) is 2.71. The summed E-state index contributed by atoms with van der Waals surface area (Å²) >= 11 is 5.84. The van der Waals surface area contributed by atoms with Crippen LogP contribution in [0.4, 0.5) is 0 Å². The standard InChI is InChI=1S/C12H9ClO3/c1-7-6-8(13)2-3-9(7)10-4-5-11(16-10)12(14)15/h2-6H,1H3,(H,14,15). The molecule has 4 heteroatoms. The monoisotopic (exact) mass is 236 g/mol. The number of benzene rings is 1. The van der Waals surface area contributed by atoms with Crippen molar-refractivity contribution >= 4 is 17.6 Å². The highest BCUT2D eigenvalue weighted by Crippen LogP contribution is 2.27. The summed E-state index contributed by atoms with van der Waals surface area (Å²) in [6.07, 6.45) is 0. The minimum atomic E-state index is -1.07. The van der Waals surface area contributed by atoms with Gasteiger partial charge in [-0.05, 0) is 42.8 Å². The third kappa shape index (κ3) is 1.95. The first kappa shape index (κ1) is 10.8. The van der Waals surface area contributed by atoms with E-state index in [0.717, 1.165) is 11.1 Å². The molecule has 2 aromatic rings. The number of carboxylic acids is 1. The Hall–Kier alpha value is -1.74. The fourth-order valence-electron chi connectivity index (χ4n) is 1.50. The van der Waals surface area contributed by atoms with Gasteiger partial charge in [0.1, 0.15) is 5.76 Å². The first-order valence-electron chi connectivity index (χ1n) is 4.67. The van der Waals surface area contributed by atoms with Crippen LogP contribution in [0.5, 0.6) is 0 Å². The topological polar surface area (TPSA) is 50.4 Å². The molecule has 0 atom stereocenters. The molecule has 1 aromatic carbocycles. The van der Waals surface area contributed by atoms with Gasteiger partial charge in [0.05, 0.1) is 0 Å². The van der Waals surface area contributed by atoms with Gasteiger partial charge in [0.15, 0.2) is 0 Å². The van der Waals surface area contributed by atoms with Gasteiger partial charge in [-0.2, -0.15) is 0 Å². The largest absolute Gasteiger partial charge is 0.475 e. The first-order chi connectivity index (χ1) is 7.58. The predicted octanol–water partition coefficient (Wildman–Crippen LogP) is 3.61. The summed E-state index contributed by atoms with van der Waals surface area (Å²) in [5.41, 5.74) is 1.79. The minimum absolute atomic E-state index is 0.0654. The lowest BCUT2D eigenvalue weighted by molar-refractivity contribution is 0.0663. The summed E-state index contributed by atoms with van der Waals surface area (Å²) in [7, 11) is 0. The molecule has 16 heavy (non-hydrogen) atoms. The van der Waals surface area contributed by atoms with E-state index in [-0.39, 0.29) is 5.76 Å². The van der Waals surface area contributed by atoms with E-state index in [0.29, 0.717) is 10.8 Å². The van der Waals surface area contributed by atoms with E-state index in [9.17, 15) is 4.79 Å². The van der Waals surface area contributed by atoms with E-state index < -0.39 is 5.97 Å². The maximum absolute atomic E-state index is 10.7. The van der Waals surface area contributed by atoms with Gasteiger partial charge in [-0.25, -0.2) is 4.79 Å². The van der Waals surface area contributed by atoms with Gasteiger partial charge in [-0.15, -0.1) is 0 Å². The molecule has 0 bridgehead atoms. The molecule has 0 unspecified atom stereocenters. The van der Waals surface area contributed by atoms with Gasteiger partial charge in [-0.3, -0.25) is 0 Å². The highest BCUT2D eigenvalue weighted by atomic mass is 35.5. The Bertz CT molecular complexity index is 543. The summed E-state index contributed by atoms with van der Waals surface area (Å²) in [5, 5.41) is 9.39. The molecule has 2 rings (SSSR count). The second-order valence-electron chi connectivity index (χ2n) is 3.43. The maximum atomic E-state index is 10.7. The van der Waals surface area contributed by atoms with Crippen LogP contribution in [0, 0.1) is 6.92 Å². The zero-order valence-electron chi connectivity index (χ0n) is 8.53. The van der Waals surface area contributed by atoms with Crippen molar-refractivity contribution in [1.82, 2.24) is 0 Å². The third-order valence-electron chi connectivity index (χ3n) is 2.27. The summed E-state index contributed by atoms with van der Waals surface area (Å²) in [4.78, 5) is 10.7.